The molecule has 132 valence electrons. The highest BCUT2D eigenvalue weighted by Crippen LogP contribution is 2.31. The summed E-state index contributed by atoms with van der Waals surface area (Å²) in [5.41, 5.74) is 0.724. The number of pyridine rings is 1. The number of likely N-dealkylation sites (tertiary alicyclic amines) is 1. The van der Waals surface area contributed by atoms with E-state index in [-0.39, 0.29) is 17.9 Å². The number of hydrogen-bond donors (Lipinski definition) is 0. The lowest BCUT2D eigenvalue weighted by Crippen LogP contribution is -2.60. The molecule has 7 heteroatoms. The Bertz CT molecular complexity index is 680. The van der Waals surface area contributed by atoms with Crippen molar-refractivity contribution in [3.8, 4) is 0 Å². The average molecular weight is 351 g/mol. The van der Waals surface area contributed by atoms with E-state index in [4.69, 9.17) is 0 Å². The minimum absolute atomic E-state index is 0.110. The summed E-state index contributed by atoms with van der Waals surface area (Å²) >= 11 is 0. The van der Waals surface area contributed by atoms with Crippen molar-refractivity contribution in [1.82, 2.24) is 14.2 Å². The Hall–Kier alpha value is -1.47. The number of nitrogens with zero attached hydrogens (tertiary/aromatic N) is 3. The molecule has 0 spiro atoms. The van der Waals surface area contributed by atoms with Crippen molar-refractivity contribution in [2.45, 2.75) is 43.9 Å². The van der Waals surface area contributed by atoms with Crippen LogP contribution in [-0.2, 0) is 14.8 Å². The summed E-state index contributed by atoms with van der Waals surface area (Å²) in [5.74, 6) is 0.248. The first-order valence-electron chi connectivity index (χ1n) is 8.58. The van der Waals surface area contributed by atoms with Gasteiger partial charge >= 0.3 is 0 Å². The summed E-state index contributed by atoms with van der Waals surface area (Å²) in [5, 5.41) is -0.501. The van der Waals surface area contributed by atoms with Gasteiger partial charge in [-0.3, -0.25) is 9.78 Å². The van der Waals surface area contributed by atoms with Crippen LogP contribution in [0, 0.1) is 5.92 Å². The van der Waals surface area contributed by atoms with E-state index >= 15 is 0 Å². The smallest absolute Gasteiger partial charge is 0.225 e. The average Bonchev–Trinajstić information content (AvgIpc) is 3.07. The molecule has 2 fully saturated rings. The van der Waals surface area contributed by atoms with Crippen LogP contribution in [0.2, 0.25) is 0 Å². The summed E-state index contributed by atoms with van der Waals surface area (Å²) < 4.78 is 26.9. The third kappa shape index (κ3) is 3.19. The van der Waals surface area contributed by atoms with Crippen LogP contribution in [0.3, 0.4) is 0 Å². The van der Waals surface area contributed by atoms with Gasteiger partial charge in [-0.2, -0.15) is 4.31 Å². The van der Waals surface area contributed by atoms with Crippen molar-refractivity contribution >= 4 is 15.9 Å². The van der Waals surface area contributed by atoms with Gasteiger partial charge in [-0.05, 0) is 31.9 Å². The Morgan fingerprint density at radius 2 is 1.96 bits per heavy atom. The SMILES string of the molecule is CC(c1ccccn1)N(C)S(=O)(=O)C1CN(C(=O)C2CCCC2)C1. The van der Waals surface area contributed by atoms with E-state index in [1.807, 2.05) is 25.1 Å². The monoisotopic (exact) mass is 351 g/mol. The molecular formula is C17H25N3O3S. The molecular weight excluding hydrogens is 326 g/mol. The summed E-state index contributed by atoms with van der Waals surface area (Å²) in [6, 6.07) is 5.16. The molecule has 2 aliphatic rings. The normalized spacial score (nSPS) is 21.0. The molecule has 1 aliphatic heterocycles. The first-order chi connectivity index (χ1) is 11.4. The quantitative estimate of drug-likeness (QED) is 0.811. The standard InChI is InChI=1S/C17H25N3O3S/c1-13(16-9-5-6-10-18-16)19(2)24(22,23)15-11-20(12-15)17(21)14-7-3-4-8-14/h5-6,9-10,13-15H,3-4,7-8,11-12H2,1-2H3. The molecule has 2 heterocycles. The van der Waals surface area contributed by atoms with Crippen LogP contribution in [0.15, 0.2) is 24.4 Å². The van der Waals surface area contributed by atoms with Gasteiger partial charge in [-0.25, -0.2) is 8.42 Å². The number of aromatic nitrogens is 1. The van der Waals surface area contributed by atoms with Crippen LogP contribution in [0.4, 0.5) is 0 Å². The number of sulfonamides is 1. The zero-order valence-corrected chi connectivity index (χ0v) is 15.1. The van der Waals surface area contributed by atoms with Crippen molar-refractivity contribution in [2.24, 2.45) is 5.92 Å². The van der Waals surface area contributed by atoms with Gasteiger partial charge in [0.15, 0.2) is 0 Å². The highest BCUT2D eigenvalue weighted by Gasteiger charge is 2.44. The molecule has 1 aliphatic carbocycles. The van der Waals surface area contributed by atoms with Crippen LogP contribution in [0.5, 0.6) is 0 Å². The zero-order valence-electron chi connectivity index (χ0n) is 14.3. The Balaban J connectivity index is 1.61. The Morgan fingerprint density at radius 1 is 1.29 bits per heavy atom. The molecule has 1 aromatic heterocycles. The fourth-order valence-corrected chi connectivity index (χ4v) is 5.26. The maximum Gasteiger partial charge on any atom is 0.225 e. The molecule has 1 amide bonds. The number of carbonyl (C=O) groups excluding carboxylic acids is 1. The van der Waals surface area contributed by atoms with E-state index < -0.39 is 15.3 Å². The first-order valence-corrected chi connectivity index (χ1v) is 10.1. The van der Waals surface area contributed by atoms with Gasteiger partial charge in [0, 0.05) is 32.3 Å². The summed E-state index contributed by atoms with van der Waals surface area (Å²) in [6.45, 7) is 2.47. The van der Waals surface area contributed by atoms with Gasteiger partial charge in [-0.15, -0.1) is 0 Å². The van der Waals surface area contributed by atoms with E-state index in [1.54, 1.807) is 18.1 Å². The Morgan fingerprint density at radius 3 is 2.54 bits per heavy atom. The molecule has 6 nitrogen and oxygen atoms in total. The maximum atomic E-state index is 12.8. The van der Waals surface area contributed by atoms with Crippen molar-refractivity contribution < 1.29 is 13.2 Å². The second kappa shape index (κ2) is 6.80. The number of carbonyl (C=O) groups is 1. The first kappa shape index (κ1) is 17.4. The molecule has 0 aromatic carbocycles. The van der Waals surface area contributed by atoms with Crippen molar-refractivity contribution in [1.29, 1.82) is 0 Å². The van der Waals surface area contributed by atoms with E-state index in [9.17, 15) is 13.2 Å². The predicted molar refractivity (Wildman–Crippen MR) is 91.7 cm³/mol. The third-order valence-electron chi connectivity index (χ3n) is 5.35. The molecule has 0 N–H and O–H groups in total. The largest absolute Gasteiger partial charge is 0.340 e. The fraction of sp³-hybridized carbons (Fsp3) is 0.647. The lowest BCUT2D eigenvalue weighted by Gasteiger charge is -2.42. The second-order valence-electron chi connectivity index (χ2n) is 6.84. The van der Waals surface area contributed by atoms with Gasteiger partial charge < -0.3 is 4.90 Å². The third-order valence-corrected chi connectivity index (χ3v) is 7.61. The van der Waals surface area contributed by atoms with Gasteiger partial charge in [-0.1, -0.05) is 18.9 Å². The molecule has 0 radical (unpaired) electrons. The van der Waals surface area contributed by atoms with E-state index in [0.29, 0.717) is 13.1 Å². The molecule has 24 heavy (non-hydrogen) atoms. The van der Waals surface area contributed by atoms with E-state index in [0.717, 1.165) is 31.4 Å². The zero-order chi connectivity index (χ0) is 17.3. The van der Waals surface area contributed by atoms with E-state index in [2.05, 4.69) is 4.98 Å². The second-order valence-corrected chi connectivity index (χ2v) is 9.11. The minimum Gasteiger partial charge on any atom is -0.340 e. The number of hydrogen-bond acceptors (Lipinski definition) is 4. The highest BCUT2D eigenvalue weighted by molar-refractivity contribution is 7.89. The molecule has 1 atom stereocenters. The highest BCUT2D eigenvalue weighted by atomic mass is 32.2. The van der Waals surface area contributed by atoms with E-state index in [1.165, 1.54) is 4.31 Å². The van der Waals surface area contributed by atoms with Gasteiger partial charge in [0.1, 0.15) is 5.25 Å². The molecule has 1 aromatic rings. The molecule has 3 rings (SSSR count). The van der Waals surface area contributed by atoms with Crippen molar-refractivity contribution in [2.75, 3.05) is 20.1 Å². The van der Waals surface area contributed by atoms with Crippen molar-refractivity contribution in [3.05, 3.63) is 30.1 Å². The van der Waals surface area contributed by atoms with Crippen LogP contribution in [0.25, 0.3) is 0 Å². The topological polar surface area (TPSA) is 70.6 Å². The van der Waals surface area contributed by atoms with Crippen LogP contribution < -0.4 is 0 Å². The summed E-state index contributed by atoms with van der Waals surface area (Å²) in [6.07, 6.45) is 5.77. The number of rotatable bonds is 5. The molecule has 0 bridgehead atoms. The van der Waals surface area contributed by atoms with Gasteiger partial charge in [0.05, 0.1) is 11.7 Å². The lowest BCUT2D eigenvalue weighted by molar-refractivity contribution is -0.138. The lowest BCUT2D eigenvalue weighted by atomic mass is 10.0. The minimum atomic E-state index is -3.44. The Labute approximate surface area is 143 Å². The maximum absolute atomic E-state index is 12.8. The predicted octanol–water partition coefficient (Wildman–Crippen LogP) is 1.81. The molecule has 1 saturated heterocycles. The molecule has 1 unspecified atom stereocenters. The fourth-order valence-electron chi connectivity index (χ4n) is 3.50. The molecule has 1 saturated carbocycles. The Kier molecular flexibility index (Phi) is 4.92. The number of amides is 1. The van der Waals surface area contributed by atoms with Crippen LogP contribution in [0.1, 0.15) is 44.3 Å². The summed E-state index contributed by atoms with van der Waals surface area (Å²) in [7, 11) is -1.85. The van der Waals surface area contributed by atoms with Crippen molar-refractivity contribution in [3.63, 3.8) is 0 Å². The van der Waals surface area contributed by atoms with Crippen LogP contribution >= 0.6 is 0 Å². The van der Waals surface area contributed by atoms with Gasteiger partial charge in [0.25, 0.3) is 0 Å². The van der Waals surface area contributed by atoms with Crippen LogP contribution in [-0.4, -0.2) is 53.9 Å². The van der Waals surface area contributed by atoms with Gasteiger partial charge in [0.2, 0.25) is 15.9 Å². The summed E-state index contributed by atoms with van der Waals surface area (Å²) in [4.78, 5) is 18.3.